The molecule has 21 heavy (non-hydrogen) atoms. The molecule has 0 aromatic carbocycles. The normalized spacial score (nSPS) is 18.3. The summed E-state index contributed by atoms with van der Waals surface area (Å²) in [4.78, 5) is 26.0. The van der Waals surface area contributed by atoms with E-state index in [4.69, 9.17) is 5.73 Å². The first-order valence-corrected chi connectivity index (χ1v) is 7.93. The maximum Gasteiger partial charge on any atom is 0.246 e. The molecule has 1 saturated heterocycles. The number of amides is 2. The van der Waals surface area contributed by atoms with E-state index in [2.05, 4.69) is 5.32 Å². The molecule has 1 fully saturated rings. The number of likely N-dealkylation sites (tertiary alicyclic amines) is 1. The minimum atomic E-state index is -1.07. The number of piperidine rings is 1. The minimum absolute atomic E-state index is 0.00250. The van der Waals surface area contributed by atoms with Crippen molar-refractivity contribution in [2.75, 3.05) is 19.6 Å². The van der Waals surface area contributed by atoms with Crippen molar-refractivity contribution in [3.63, 3.8) is 0 Å². The first kappa shape index (κ1) is 15.9. The number of hydrogen-bond donors (Lipinski definition) is 3. The Kier molecular flexibility index (Phi) is 5.72. The average molecular weight is 311 g/mol. The zero-order chi connectivity index (χ0) is 15.2. The largest absolute Gasteiger partial charge is 0.383 e. The van der Waals surface area contributed by atoms with Crippen molar-refractivity contribution in [3.05, 3.63) is 22.4 Å². The Labute approximate surface area is 127 Å². The fourth-order valence-electron chi connectivity index (χ4n) is 2.52. The SMILES string of the molecule is NC(=O)C(O)C1CCN(CC(=O)NCc2cccs2)CC1. The van der Waals surface area contributed by atoms with E-state index >= 15 is 0 Å². The third-order valence-electron chi connectivity index (χ3n) is 3.78. The molecule has 1 aliphatic heterocycles. The van der Waals surface area contributed by atoms with E-state index in [0.717, 1.165) is 4.88 Å². The quantitative estimate of drug-likeness (QED) is 0.685. The third-order valence-corrected chi connectivity index (χ3v) is 4.65. The van der Waals surface area contributed by atoms with Crippen molar-refractivity contribution in [3.8, 4) is 0 Å². The molecule has 0 saturated carbocycles. The van der Waals surface area contributed by atoms with Gasteiger partial charge in [-0.2, -0.15) is 0 Å². The molecule has 116 valence electrons. The topological polar surface area (TPSA) is 95.7 Å². The molecule has 2 amide bonds. The molecule has 2 rings (SSSR count). The lowest BCUT2D eigenvalue weighted by atomic mass is 9.91. The number of aliphatic hydroxyl groups excluding tert-OH is 1. The van der Waals surface area contributed by atoms with Crippen LogP contribution in [0.3, 0.4) is 0 Å². The van der Waals surface area contributed by atoms with E-state index < -0.39 is 12.0 Å². The summed E-state index contributed by atoms with van der Waals surface area (Å²) < 4.78 is 0. The summed E-state index contributed by atoms with van der Waals surface area (Å²) >= 11 is 1.62. The van der Waals surface area contributed by atoms with E-state index in [0.29, 0.717) is 39.0 Å². The number of rotatable bonds is 6. The molecule has 0 spiro atoms. The summed E-state index contributed by atoms with van der Waals surface area (Å²) in [6.07, 6.45) is 0.296. The van der Waals surface area contributed by atoms with E-state index in [-0.39, 0.29) is 11.8 Å². The van der Waals surface area contributed by atoms with Crippen molar-refractivity contribution < 1.29 is 14.7 Å². The summed E-state index contributed by atoms with van der Waals surface area (Å²) in [5.74, 6) is -0.757. The molecular weight excluding hydrogens is 290 g/mol. The van der Waals surface area contributed by atoms with Gasteiger partial charge in [0.1, 0.15) is 6.10 Å². The van der Waals surface area contributed by atoms with Crippen LogP contribution in [0.4, 0.5) is 0 Å². The molecular formula is C14H21N3O3S. The second-order valence-corrected chi connectivity index (χ2v) is 6.35. The van der Waals surface area contributed by atoms with Gasteiger partial charge >= 0.3 is 0 Å². The van der Waals surface area contributed by atoms with E-state index in [1.54, 1.807) is 11.3 Å². The average Bonchev–Trinajstić information content (AvgIpc) is 2.98. The Hall–Kier alpha value is -1.44. The van der Waals surface area contributed by atoms with Crippen LogP contribution in [0.25, 0.3) is 0 Å². The third kappa shape index (κ3) is 4.80. The molecule has 1 aliphatic rings. The molecule has 1 aromatic rings. The van der Waals surface area contributed by atoms with Gasteiger partial charge in [-0.15, -0.1) is 11.3 Å². The van der Waals surface area contributed by atoms with Crippen LogP contribution in [0.15, 0.2) is 17.5 Å². The molecule has 1 atom stereocenters. The molecule has 0 aliphatic carbocycles. The summed E-state index contributed by atoms with van der Waals surface area (Å²) in [6, 6.07) is 3.95. The maximum atomic E-state index is 11.9. The van der Waals surface area contributed by atoms with Crippen LogP contribution in [0.5, 0.6) is 0 Å². The molecule has 2 heterocycles. The minimum Gasteiger partial charge on any atom is -0.383 e. The fraction of sp³-hybridized carbons (Fsp3) is 0.571. The number of nitrogens with two attached hydrogens (primary N) is 1. The highest BCUT2D eigenvalue weighted by Crippen LogP contribution is 2.20. The van der Waals surface area contributed by atoms with Crippen molar-refractivity contribution in [1.29, 1.82) is 0 Å². The number of carbonyl (C=O) groups excluding carboxylic acids is 2. The lowest BCUT2D eigenvalue weighted by Gasteiger charge is -2.32. The van der Waals surface area contributed by atoms with Crippen LogP contribution >= 0.6 is 11.3 Å². The van der Waals surface area contributed by atoms with Crippen LogP contribution in [0.1, 0.15) is 17.7 Å². The number of primary amides is 1. The number of carbonyl (C=O) groups is 2. The predicted octanol–water partition coefficient (Wildman–Crippen LogP) is -0.0775. The summed E-state index contributed by atoms with van der Waals surface area (Å²) in [5.41, 5.74) is 5.10. The smallest absolute Gasteiger partial charge is 0.246 e. The van der Waals surface area contributed by atoms with Crippen LogP contribution < -0.4 is 11.1 Å². The summed E-state index contributed by atoms with van der Waals surface area (Å²) in [7, 11) is 0. The van der Waals surface area contributed by atoms with Gasteiger partial charge in [-0.3, -0.25) is 14.5 Å². The van der Waals surface area contributed by atoms with Crippen LogP contribution in [-0.4, -0.2) is 47.6 Å². The molecule has 1 aromatic heterocycles. The van der Waals surface area contributed by atoms with Gasteiger partial charge in [0.15, 0.2) is 0 Å². The van der Waals surface area contributed by atoms with Crippen molar-refractivity contribution >= 4 is 23.2 Å². The number of thiophene rings is 1. The fourth-order valence-corrected chi connectivity index (χ4v) is 3.16. The standard InChI is InChI=1S/C14H21N3O3S/c15-14(20)13(19)10-3-5-17(6-4-10)9-12(18)16-8-11-2-1-7-21-11/h1-2,7,10,13,19H,3-6,8-9H2,(H2,15,20)(H,16,18). The monoisotopic (exact) mass is 311 g/mol. The van der Waals surface area contributed by atoms with Gasteiger partial charge in [0, 0.05) is 4.88 Å². The molecule has 0 bridgehead atoms. The first-order chi connectivity index (χ1) is 10.1. The maximum absolute atomic E-state index is 11.9. The molecule has 6 nitrogen and oxygen atoms in total. The first-order valence-electron chi connectivity index (χ1n) is 7.05. The molecule has 7 heteroatoms. The van der Waals surface area contributed by atoms with Crippen molar-refractivity contribution in [1.82, 2.24) is 10.2 Å². The Morgan fingerprint density at radius 1 is 1.48 bits per heavy atom. The van der Waals surface area contributed by atoms with Crippen LogP contribution in [-0.2, 0) is 16.1 Å². The molecule has 4 N–H and O–H groups in total. The number of nitrogens with zero attached hydrogens (tertiary/aromatic N) is 1. The van der Waals surface area contributed by atoms with Gasteiger partial charge in [0.05, 0.1) is 13.1 Å². The number of nitrogens with one attached hydrogen (secondary N) is 1. The highest BCUT2D eigenvalue weighted by molar-refractivity contribution is 7.09. The Bertz CT molecular complexity index is 470. The second-order valence-electron chi connectivity index (χ2n) is 5.32. The lowest BCUT2D eigenvalue weighted by molar-refractivity contribution is -0.130. The Morgan fingerprint density at radius 3 is 2.76 bits per heavy atom. The van der Waals surface area contributed by atoms with Crippen LogP contribution in [0, 0.1) is 5.92 Å². The van der Waals surface area contributed by atoms with E-state index in [1.807, 2.05) is 22.4 Å². The van der Waals surface area contributed by atoms with Gasteiger partial charge < -0.3 is 16.2 Å². The van der Waals surface area contributed by atoms with E-state index in [9.17, 15) is 14.7 Å². The molecule has 1 unspecified atom stereocenters. The highest BCUT2D eigenvalue weighted by Gasteiger charge is 2.28. The zero-order valence-corrected chi connectivity index (χ0v) is 12.6. The van der Waals surface area contributed by atoms with Gasteiger partial charge in [-0.25, -0.2) is 0 Å². The zero-order valence-electron chi connectivity index (χ0n) is 11.8. The van der Waals surface area contributed by atoms with Crippen molar-refractivity contribution in [2.24, 2.45) is 11.7 Å². The van der Waals surface area contributed by atoms with Crippen LogP contribution in [0.2, 0.25) is 0 Å². The van der Waals surface area contributed by atoms with Gasteiger partial charge in [0.25, 0.3) is 0 Å². The number of aliphatic hydroxyl groups is 1. The Morgan fingerprint density at radius 2 is 2.19 bits per heavy atom. The highest BCUT2D eigenvalue weighted by atomic mass is 32.1. The Balaban J connectivity index is 1.68. The lowest BCUT2D eigenvalue weighted by Crippen LogP contribution is -2.45. The van der Waals surface area contributed by atoms with Gasteiger partial charge in [0.2, 0.25) is 11.8 Å². The number of hydrogen-bond acceptors (Lipinski definition) is 5. The summed E-state index contributed by atoms with van der Waals surface area (Å²) in [6.45, 7) is 2.31. The van der Waals surface area contributed by atoms with Crippen molar-refractivity contribution in [2.45, 2.75) is 25.5 Å². The van der Waals surface area contributed by atoms with E-state index in [1.165, 1.54) is 0 Å². The predicted molar refractivity (Wildman–Crippen MR) is 80.5 cm³/mol. The second kappa shape index (κ2) is 7.53. The summed E-state index contributed by atoms with van der Waals surface area (Å²) in [5, 5.41) is 14.5. The van der Waals surface area contributed by atoms with Gasteiger partial charge in [-0.05, 0) is 43.3 Å². The van der Waals surface area contributed by atoms with Gasteiger partial charge in [-0.1, -0.05) is 6.07 Å². The molecule has 0 radical (unpaired) electrons.